The number of hydrogen-bond donors (Lipinski definition) is 1. The van der Waals surface area contributed by atoms with Crippen molar-refractivity contribution in [2.45, 2.75) is 58.5 Å². The van der Waals surface area contributed by atoms with Crippen molar-refractivity contribution in [1.82, 2.24) is 15.1 Å². The van der Waals surface area contributed by atoms with Gasteiger partial charge in [-0.15, -0.1) is 0 Å². The van der Waals surface area contributed by atoms with E-state index in [1.54, 1.807) is 7.11 Å². The Hall–Kier alpha value is -1.03. The van der Waals surface area contributed by atoms with Gasteiger partial charge < -0.3 is 10.1 Å². The third-order valence-corrected chi connectivity index (χ3v) is 4.08. The van der Waals surface area contributed by atoms with Crippen molar-refractivity contribution in [3.63, 3.8) is 0 Å². The Morgan fingerprint density at radius 3 is 2.68 bits per heavy atom. The van der Waals surface area contributed by atoms with E-state index in [-0.39, 0.29) is 0 Å². The molecular weight excluding hydrogens is 238 g/mol. The molecule has 1 aromatic rings. The number of nitrogens with zero attached hydrogens (tertiary/aromatic N) is 2. The van der Waals surface area contributed by atoms with Gasteiger partial charge in [0, 0.05) is 6.04 Å². The maximum atomic E-state index is 5.51. The van der Waals surface area contributed by atoms with E-state index in [1.165, 1.54) is 31.4 Å². The van der Waals surface area contributed by atoms with Gasteiger partial charge in [-0.25, -0.2) is 0 Å². The second-order valence-electron chi connectivity index (χ2n) is 5.78. The molecule has 4 nitrogen and oxygen atoms in total. The van der Waals surface area contributed by atoms with Crippen LogP contribution in [0.15, 0.2) is 6.20 Å². The SMILES string of the molecule is CCNC(CC1CCC1)c1c(OC)cnn1C(C)C. The van der Waals surface area contributed by atoms with E-state index in [1.807, 2.05) is 6.20 Å². The lowest BCUT2D eigenvalue weighted by atomic mass is 9.80. The zero-order valence-electron chi connectivity index (χ0n) is 12.6. The average molecular weight is 265 g/mol. The molecule has 1 heterocycles. The van der Waals surface area contributed by atoms with E-state index in [0.717, 1.165) is 18.2 Å². The molecule has 4 heteroatoms. The topological polar surface area (TPSA) is 39.1 Å². The van der Waals surface area contributed by atoms with E-state index in [9.17, 15) is 0 Å². The number of rotatable bonds is 7. The maximum absolute atomic E-state index is 5.51. The van der Waals surface area contributed by atoms with Crippen LogP contribution in [0.25, 0.3) is 0 Å². The number of nitrogens with one attached hydrogen (secondary N) is 1. The Kier molecular flexibility index (Phi) is 4.86. The summed E-state index contributed by atoms with van der Waals surface area (Å²) in [6.07, 6.45) is 7.19. The van der Waals surface area contributed by atoms with Crippen molar-refractivity contribution in [2.24, 2.45) is 5.92 Å². The van der Waals surface area contributed by atoms with Crippen LogP contribution in [0, 0.1) is 5.92 Å². The van der Waals surface area contributed by atoms with Crippen LogP contribution < -0.4 is 10.1 Å². The summed E-state index contributed by atoms with van der Waals surface area (Å²) in [6.45, 7) is 7.48. The molecule has 1 saturated carbocycles. The molecule has 1 N–H and O–H groups in total. The molecule has 0 radical (unpaired) electrons. The summed E-state index contributed by atoms with van der Waals surface area (Å²) in [5, 5.41) is 8.11. The number of ether oxygens (including phenoxy) is 1. The molecule has 19 heavy (non-hydrogen) atoms. The Bertz CT molecular complexity index is 396. The quantitative estimate of drug-likeness (QED) is 0.822. The first-order valence-corrected chi connectivity index (χ1v) is 7.52. The highest BCUT2D eigenvalue weighted by Gasteiger charge is 2.28. The van der Waals surface area contributed by atoms with E-state index >= 15 is 0 Å². The van der Waals surface area contributed by atoms with Gasteiger partial charge in [-0.1, -0.05) is 26.2 Å². The molecule has 1 unspecified atom stereocenters. The molecule has 2 rings (SSSR count). The van der Waals surface area contributed by atoms with Gasteiger partial charge in [0.2, 0.25) is 0 Å². The molecule has 0 aromatic carbocycles. The Morgan fingerprint density at radius 1 is 1.47 bits per heavy atom. The van der Waals surface area contributed by atoms with E-state index in [4.69, 9.17) is 4.74 Å². The summed E-state index contributed by atoms with van der Waals surface area (Å²) in [6, 6.07) is 0.719. The fraction of sp³-hybridized carbons (Fsp3) is 0.800. The first-order chi connectivity index (χ1) is 9.17. The van der Waals surface area contributed by atoms with E-state index in [0.29, 0.717) is 12.1 Å². The third-order valence-electron chi connectivity index (χ3n) is 4.08. The minimum absolute atomic E-state index is 0.357. The second kappa shape index (κ2) is 6.42. The average Bonchev–Trinajstić information content (AvgIpc) is 2.75. The molecule has 1 fully saturated rings. The number of aromatic nitrogens is 2. The predicted molar refractivity (Wildman–Crippen MR) is 77.5 cm³/mol. The van der Waals surface area contributed by atoms with Gasteiger partial charge in [0.25, 0.3) is 0 Å². The summed E-state index contributed by atoms with van der Waals surface area (Å²) < 4.78 is 7.62. The monoisotopic (exact) mass is 265 g/mol. The maximum Gasteiger partial charge on any atom is 0.161 e. The molecule has 0 aliphatic heterocycles. The van der Waals surface area contributed by atoms with E-state index < -0.39 is 0 Å². The first-order valence-electron chi connectivity index (χ1n) is 7.52. The van der Waals surface area contributed by atoms with Crippen molar-refractivity contribution in [1.29, 1.82) is 0 Å². The van der Waals surface area contributed by atoms with Crippen LogP contribution in [0.4, 0.5) is 0 Å². The highest BCUT2D eigenvalue weighted by atomic mass is 16.5. The van der Waals surface area contributed by atoms with Gasteiger partial charge in [0.05, 0.1) is 25.0 Å². The van der Waals surface area contributed by atoms with Crippen LogP contribution in [-0.2, 0) is 0 Å². The molecule has 0 bridgehead atoms. The van der Waals surface area contributed by atoms with Crippen molar-refractivity contribution in [3.05, 3.63) is 11.9 Å². The van der Waals surface area contributed by atoms with Gasteiger partial charge in [0.1, 0.15) is 0 Å². The number of methoxy groups -OCH3 is 1. The van der Waals surface area contributed by atoms with Crippen molar-refractivity contribution >= 4 is 0 Å². The minimum Gasteiger partial charge on any atom is -0.493 e. The molecule has 0 saturated heterocycles. The lowest BCUT2D eigenvalue weighted by Gasteiger charge is -2.31. The molecule has 0 spiro atoms. The lowest BCUT2D eigenvalue weighted by molar-refractivity contribution is 0.252. The fourth-order valence-electron chi connectivity index (χ4n) is 2.86. The Morgan fingerprint density at radius 2 is 2.21 bits per heavy atom. The first kappa shape index (κ1) is 14.4. The summed E-state index contributed by atoms with van der Waals surface area (Å²) in [5.74, 6) is 1.78. The zero-order chi connectivity index (χ0) is 13.8. The Labute approximate surface area is 116 Å². The van der Waals surface area contributed by atoms with Crippen LogP contribution in [0.1, 0.15) is 64.2 Å². The number of hydrogen-bond acceptors (Lipinski definition) is 3. The highest BCUT2D eigenvalue weighted by Crippen LogP contribution is 2.37. The van der Waals surface area contributed by atoms with Gasteiger partial charge in [-0.05, 0) is 32.7 Å². The van der Waals surface area contributed by atoms with Gasteiger partial charge in [0.15, 0.2) is 5.75 Å². The lowest BCUT2D eigenvalue weighted by Crippen LogP contribution is -2.28. The molecule has 108 valence electrons. The standard InChI is InChI=1S/C15H27N3O/c1-5-16-13(9-12-7-6-8-12)15-14(19-4)10-17-18(15)11(2)3/h10-13,16H,5-9H2,1-4H3. The zero-order valence-corrected chi connectivity index (χ0v) is 12.6. The van der Waals surface area contributed by atoms with Gasteiger partial charge in [-0.2, -0.15) is 5.10 Å². The van der Waals surface area contributed by atoms with Crippen LogP contribution in [-0.4, -0.2) is 23.4 Å². The third kappa shape index (κ3) is 3.11. The minimum atomic E-state index is 0.357. The molecule has 1 aliphatic carbocycles. The molecule has 1 aliphatic rings. The molecule has 0 amide bonds. The van der Waals surface area contributed by atoms with Crippen molar-refractivity contribution in [3.8, 4) is 5.75 Å². The highest BCUT2D eigenvalue weighted by molar-refractivity contribution is 5.29. The summed E-state index contributed by atoms with van der Waals surface area (Å²) in [7, 11) is 1.73. The van der Waals surface area contributed by atoms with Gasteiger partial charge in [-0.3, -0.25) is 4.68 Å². The van der Waals surface area contributed by atoms with Crippen LogP contribution >= 0.6 is 0 Å². The predicted octanol–water partition coefficient (Wildman–Crippen LogP) is 3.31. The second-order valence-corrected chi connectivity index (χ2v) is 5.78. The van der Waals surface area contributed by atoms with Crippen LogP contribution in [0.5, 0.6) is 5.75 Å². The molecule has 1 aromatic heterocycles. The fourth-order valence-corrected chi connectivity index (χ4v) is 2.86. The van der Waals surface area contributed by atoms with Crippen LogP contribution in [0.2, 0.25) is 0 Å². The van der Waals surface area contributed by atoms with E-state index in [2.05, 4.69) is 35.9 Å². The van der Waals surface area contributed by atoms with Crippen molar-refractivity contribution < 1.29 is 4.74 Å². The smallest absolute Gasteiger partial charge is 0.161 e. The largest absolute Gasteiger partial charge is 0.493 e. The summed E-state index contributed by atoms with van der Waals surface area (Å²) in [4.78, 5) is 0. The van der Waals surface area contributed by atoms with Gasteiger partial charge >= 0.3 is 0 Å². The summed E-state index contributed by atoms with van der Waals surface area (Å²) in [5.41, 5.74) is 1.21. The normalized spacial score (nSPS) is 17.5. The Balaban J connectivity index is 2.24. The van der Waals surface area contributed by atoms with Crippen LogP contribution in [0.3, 0.4) is 0 Å². The van der Waals surface area contributed by atoms with Crippen molar-refractivity contribution in [2.75, 3.05) is 13.7 Å². The molecular formula is C15H27N3O. The summed E-state index contributed by atoms with van der Waals surface area (Å²) >= 11 is 0. The molecule has 1 atom stereocenters.